The van der Waals surface area contributed by atoms with E-state index in [1.165, 1.54) is 9.80 Å². The minimum absolute atomic E-state index is 0.00609. The number of aromatic nitrogens is 1. The highest BCUT2D eigenvalue weighted by Gasteiger charge is 2.75. The van der Waals surface area contributed by atoms with E-state index in [1.807, 2.05) is 60.8 Å². The van der Waals surface area contributed by atoms with Crippen LogP contribution in [0.15, 0.2) is 138 Å². The third-order valence-corrected chi connectivity index (χ3v) is 14.0. The number of carbonyl (C=O) groups excluding carboxylic acids is 6. The molecular weight excluding hydrogens is 759 g/mol. The highest BCUT2D eigenvalue weighted by molar-refractivity contribution is 6.26. The van der Waals surface area contributed by atoms with Crippen LogP contribution in [-0.4, -0.2) is 63.5 Å². The molecule has 3 saturated heterocycles. The number of hydrogen-bond acceptors (Lipinski definition) is 8. The first-order chi connectivity index (χ1) is 29.2. The fraction of sp³-hybridized carbons (Fsp3) is 0.271. The molecule has 12 heteroatoms. The average molecular weight is 798 g/mol. The van der Waals surface area contributed by atoms with Crippen LogP contribution in [-0.2, 0) is 41.6 Å². The standard InChI is InChI=1S/C48H39N5O7/c1-26-35-37-32(38-36(26)42(55)52(43(38)56)30-17-9-4-10-18-30)23-33-39(44(57)51(41(33)54)29-15-7-3-8-16-29)40(37)48(24-27-13-5-2-6-14-27)46(60-47(59)53(48)45(35)58)49-22-21-28-25-50-34-20-12-11-19-31(28)34/h2-20,25-26,32-33,36,38-40,50H,21-24H2,1H3/t26-,32+,33+,36-,38+,39+,40-,48-/m0/s1. The van der Waals surface area contributed by atoms with Crippen LogP contribution >= 0.6 is 0 Å². The number of carbonyl (C=O) groups is 6. The number of ether oxygens (including phenoxy) is 1. The van der Waals surface area contributed by atoms with Crippen LogP contribution in [0.2, 0.25) is 0 Å². The molecule has 298 valence electrons. The van der Waals surface area contributed by atoms with Crippen LogP contribution < -0.4 is 9.80 Å². The van der Waals surface area contributed by atoms with E-state index in [-0.39, 0.29) is 30.9 Å². The number of fused-ring (bicyclic) bond motifs is 7. The number of nitrogens with one attached hydrogen (secondary N) is 1. The van der Waals surface area contributed by atoms with Gasteiger partial charge < -0.3 is 9.72 Å². The Bertz CT molecular complexity index is 2750. The Balaban J connectivity index is 1.13. The number of nitrogens with zero attached hydrogens (tertiary/aromatic N) is 4. The van der Waals surface area contributed by atoms with Crippen molar-refractivity contribution in [3.8, 4) is 0 Å². The quantitative estimate of drug-likeness (QED) is 0.191. The molecule has 6 aliphatic rings. The molecule has 1 N–H and O–H groups in total. The Kier molecular flexibility index (Phi) is 8.00. The number of aromatic amines is 1. The maximum absolute atomic E-state index is 15.4. The summed E-state index contributed by atoms with van der Waals surface area (Å²) in [6.45, 7) is 1.94. The van der Waals surface area contributed by atoms with E-state index < -0.39 is 82.6 Å². The molecule has 12 nitrogen and oxygen atoms in total. The molecule has 0 radical (unpaired) electrons. The summed E-state index contributed by atoms with van der Waals surface area (Å²) in [4.78, 5) is 101. The number of para-hydroxylation sites is 3. The van der Waals surface area contributed by atoms with E-state index in [0.717, 1.165) is 26.9 Å². The Hall–Kier alpha value is -6.95. The van der Waals surface area contributed by atoms with Crippen molar-refractivity contribution in [3.63, 3.8) is 0 Å². The van der Waals surface area contributed by atoms with Crippen molar-refractivity contribution in [1.82, 2.24) is 9.88 Å². The second-order valence-corrected chi connectivity index (χ2v) is 16.7. The lowest BCUT2D eigenvalue weighted by atomic mass is 9.49. The zero-order valence-electron chi connectivity index (χ0n) is 32.6. The molecule has 4 aromatic carbocycles. The van der Waals surface area contributed by atoms with Gasteiger partial charge in [0.15, 0.2) is 0 Å². The van der Waals surface area contributed by atoms with E-state index in [2.05, 4.69) is 4.98 Å². The van der Waals surface area contributed by atoms with E-state index in [1.54, 1.807) is 67.6 Å². The van der Waals surface area contributed by atoms with E-state index in [4.69, 9.17) is 9.73 Å². The summed E-state index contributed by atoms with van der Waals surface area (Å²) in [5.41, 5.74) is 2.65. The Morgan fingerprint density at radius 1 is 0.700 bits per heavy atom. The number of imide groups is 3. The molecule has 60 heavy (non-hydrogen) atoms. The fourth-order valence-corrected chi connectivity index (χ4v) is 11.6. The number of cyclic esters (lactones) is 1. The van der Waals surface area contributed by atoms with Gasteiger partial charge in [0, 0.05) is 41.6 Å². The van der Waals surface area contributed by atoms with Gasteiger partial charge in [0.05, 0.1) is 35.0 Å². The Morgan fingerprint density at radius 3 is 2.00 bits per heavy atom. The molecule has 0 bridgehead atoms. The number of H-pyrrole nitrogens is 1. The molecule has 8 atom stereocenters. The van der Waals surface area contributed by atoms with Crippen molar-refractivity contribution in [1.29, 1.82) is 0 Å². The third kappa shape index (κ3) is 4.87. The number of amides is 6. The molecule has 1 saturated carbocycles. The van der Waals surface area contributed by atoms with Crippen LogP contribution in [0.25, 0.3) is 10.9 Å². The summed E-state index contributed by atoms with van der Waals surface area (Å²) in [6.07, 6.45) is 1.57. The SMILES string of the molecule is C[C@H]1C2=C3[C@@H](C[C@H]4C(=O)N(c5ccccc5)C(=O)[C@H]4[C@H]3[C@@]3(Cc4ccccc4)C(=NCCc4c[nH]c5ccccc45)OC(=O)N3C2=O)[C@H]2C(=O)N(c3ccccc3)C(=O)[C@H]21. The molecule has 5 heterocycles. The van der Waals surface area contributed by atoms with Gasteiger partial charge in [0.2, 0.25) is 29.5 Å². The molecule has 4 aliphatic heterocycles. The number of aliphatic imine (C=N–C) groups is 1. The van der Waals surface area contributed by atoms with Crippen molar-refractivity contribution < 1.29 is 33.5 Å². The first-order valence-corrected chi connectivity index (χ1v) is 20.5. The van der Waals surface area contributed by atoms with Crippen molar-refractivity contribution >= 4 is 63.8 Å². The molecule has 4 fully saturated rings. The summed E-state index contributed by atoms with van der Waals surface area (Å²) in [5, 5.41) is 1.03. The van der Waals surface area contributed by atoms with Crippen LogP contribution in [0.3, 0.4) is 0 Å². The van der Waals surface area contributed by atoms with Crippen molar-refractivity contribution in [2.75, 3.05) is 16.3 Å². The Morgan fingerprint density at radius 2 is 1.30 bits per heavy atom. The molecular formula is C48H39N5O7. The first kappa shape index (κ1) is 36.2. The van der Waals surface area contributed by atoms with Crippen molar-refractivity contribution in [2.45, 2.75) is 31.7 Å². The molecule has 5 aromatic rings. The van der Waals surface area contributed by atoms with Gasteiger partial charge in [-0.15, -0.1) is 0 Å². The molecule has 0 spiro atoms. The topological polar surface area (TPSA) is 150 Å². The lowest BCUT2D eigenvalue weighted by molar-refractivity contribution is -0.139. The summed E-state index contributed by atoms with van der Waals surface area (Å²) >= 11 is 0. The molecule has 1 aromatic heterocycles. The largest absolute Gasteiger partial charge is 0.424 e. The van der Waals surface area contributed by atoms with Crippen molar-refractivity contribution in [3.05, 3.63) is 144 Å². The maximum atomic E-state index is 15.4. The minimum atomic E-state index is -1.68. The molecule has 0 unspecified atom stereocenters. The van der Waals surface area contributed by atoms with Crippen LogP contribution in [0.5, 0.6) is 0 Å². The van der Waals surface area contributed by atoms with Gasteiger partial charge >= 0.3 is 6.09 Å². The zero-order valence-corrected chi connectivity index (χ0v) is 32.6. The lowest BCUT2D eigenvalue weighted by Crippen LogP contribution is -2.68. The molecule has 11 rings (SSSR count). The number of anilines is 2. The van der Waals surface area contributed by atoms with Gasteiger partial charge in [0.25, 0.3) is 5.91 Å². The highest BCUT2D eigenvalue weighted by atomic mass is 16.6. The summed E-state index contributed by atoms with van der Waals surface area (Å²) in [7, 11) is 0. The lowest BCUT2D eigenvalue weighted by Gasteiger charge is -2.56. The second-order valence-electron chi connectivity index (χ2n) is 16.7. The first-order valence-electron chi connectivity index (χ1n) is 20.5. The van der Waals surface area contributed by atoms with E-state index in [0.29, 0.717) is 23.4 Å². The number of rotatable bonds is 7. The molecule has 6 amide bonds. The maximum Gasteiger partial charge on any atom is 0.424 e. The van der Waals surface area contributed by atoms with Crippen LogP contribution in [0.1, 0.15) is 24.5 Å². The highest BCUT2D eigenvalue weighted by Crippen LogP contribution is 2.65. The second kappa shape index (κ2) is 13.3. The van der Waals surface area contributed by atoms with Gasteiger partial charge in [0.1, 0.15) is 5.54 Å². The molecule has 2 aliphatic carbocycles. The van der Waals surface area contributed by atoms with Crippen LogP contribution in [0.4, 0.5) is 16.2 Å². The third-order valence-electron chi connectivity index (χ3n) is 14.0. The van der Waals surface area contributed by atoms with Gasteiger partial charge in [-0.2, -0.15) is 0 Å². The smallest absolute Gasteiger partial charge is 0.393 e. The predicted octanol–water partition coefficient (Wildman–Crippen LogP) is 6.28. The predicted molar refractivity (Wildman–Crippen MR) is 220 cm³/mol. The number of benzene rings is 4. The monoisotopic (exact) mass is 797 g/mol. The Labute approximate surface area is 344 Å². The zero-order chi connectivity index (χ0) is 41.0. The van der Waals surface area contributed by atoms with Gasteiger partial charge in [-0.1, -0.05) is 97.4 Å². The summed E-state index contributed by atoms with van der Waals surface area (Å²) < 4.78 is 6.16. The van der Waals surface area contributed by atoms with E-state index in [9.17, 15) is 19.2 Å². The van der Waals surface area contributed by atoms with Crippen molar-refractivity contribution in [2.24, 2.45) is 46.4 Å². The number of hydrogen-bond donors (Lipinski definition) is 1. The minimum Gasteiger partial charge on any atom is -0.393 e. The normalized spacial score (nSPS) is 30.0. The van der Waals surface area contributed by atoms with Gasteiger partial charge in [-0.25, -0.2) is 9.69 Å². The summed E-state index contributed by atoms with van der Waals surface area (Å²) in [5.74, 6) is -8.80. The van der Waals surface area contributed by atoms with Crippen LogP contribution in [0, 0.1) is 41.4 Å². The van der Waals surface area contributed by atoms with E-state index >= 15 is 9.59 Å². The van der Waals surface area contributed by atoms with Gasteiger partial charge in [-0.3, -0.25) is 38.8 Å². The van der Waals surface area contributed by atoms with Gasteiger partial charge in [-0.05, 0) is 66.1 Å². The average Bonchev–Trinajstić information content (AvgIpc) is 3.96. The fourth-order valence-electron chi connectivity index (χ4n) is 11.6. The summed E-state index contributed by atoms with van der Waals surface area (Å²) in [6, 6.07) is 34.7.